The first-order valence-electron chi connectivity index (χ1n) is 7.12. The second-order valence-electron chi connectivity index (χ2n) is 6.24. The molecule has 0 unspecified atom stereocenters. The zero-order valence-electron chi connectivity index (χ0n) is 13.4. The van der Waals surface area contributed by atoms with Gasteiger partial charge in [-0.25, -0.2) is 8.42 Å². The Labute approximate surface area is 131 Å². The summed E-state index contributed by atoms with van der Waals surface area (Å²) >= 11 is 0. The first kappa shape index (κ1) is 17.4. The van der Waals surface area contributed by atoms with Crippen LogP contribution in [0.2, 0.25) is 0 Å². The first-order valence-corrected chi connectivity index (χ1v) is 8.56. The van der Waals surface area contributed by atoms with Crippen LogP contribution in [0.5, 0.6) is 0 Å². The molecule has 1 N–H and O–H groups in total. The van der Waals surface area contributed by atoms with Crippen molar-refractivity contribution in [1.29, 1.82) is 0 Å². The van der Waals surface area contributed by atoms with Crippen LogP contribution in [0.15, 0.2) is 29.2 Å². The molecule has 7 heteroatoms. The fraction of sp³-hybridized carbons (Fsp3) is 0.600. The summed E-state index contributed by atoms with van der Waals surface area (Å²) in [6.07, 6.45) is 0. The van der Waals surface area contributed by atoms with Gasteiger partial charge in [0, 0.05) is 19.2 Å². The van der Waals surface area contributed by atoms with Crippen molar-refractivity contribution >= 4 is 10.0 Å². The minimum Gasteiger partial charge on any atom is -0.389 e. The van der Waals surface area contributed by atoms with Crippen LogP contribution in [-0.2, 0) is 25.3 Å². The minimum atomic E-state index is -3.64. The predicted octanol–water partition coefficient (Wildman–Crippen LogP) is 1.30. The van der Waals surface area contributed by atoms with Crippen LogP contribution < -0.4 is 0 Å². The van der Waals surface area contributed by atoms with Gasteiger partial charge in [-0.2, -0.15) is 4.31 Å². The van der Waals surface area contributed by atoms with E-state index < -0.39 is 21.4 Å². The van der Waals surface area contributed by atoms with Gasteiger partial charge < -0.3 is 14.6 Å². The Morgan fingerprint density at radius 2 is 1.73 bits per heavy atom. The quantitative estimate of drug-likeness (QED) is 0.881. The molecule has 124 valence electrons. The standard InChI is InChI=1S/C15H23NO5S/c1-14(2,17)11-16(4)22(18,19)13-7-5-12(6-8-13)15(3)20-9-10-21-15/h5-8,17H,9-11H2,1-4H3. The number of likely N-dealkylation sites (N-methyl/N-ethyl adjacent to an activating group) is 1. The third kappa shape index (κ3) is 3.67. The smallest absolute Gasteiger partial charge is 0.242 e. The largest absolute Gasteiger partial charge is 0.389 e. The highest BCUT2D eigenvalue weighted by atomic mass is 32.2. The monoisotopic (exact) mass is 329 g/mol. The fourth-order valence-electron chi connectivity index (χ4n) is 2.42. The first-order chi connectivity index (χ1) is 10.0. The van der Waals surface area contributed by atoms with E-state index in [1.54, 1.807) is 26.0 Å². The SMILES string of the molecule is CN(CC(C)(C)O)S(=O)(=O)c1ccc(C2(C)OCCO2)cc1. The van der Waals surface area contributed by atoms with E-state index in [0.29, 0.717) is 13.2 Å². The third-order valence-electron chi connectivity index (χ3n) is 3.53. The molecule has 0 bridgehead atoms. The predicted molar refractivity (Wildman–Crippen MR) is 81.8 cm³/mol. The van der Waals surface area contributed by atoms with Gasteiger partial charge in [0.25, 0.3) is 0 Å². The summed E-state index contributed by atoms with van der Waals surface area (Å²) in [4.78, 5) is 0.171. The molecular weight excluding hydrogens is 306 g/mol. The summed E-state index contributed by atoms with van der Waals surface area (Å²) in [5.74, 6) is -0.818. The van der Waals surface area contributed by atoms with Crippen LogP contribution in [0, 0.1) is 0 Å². The Morgan fingerprint density at radius 1 is 1.23 bits per heavy atom. The van der Waals surface area contributed by atoms with Crippen LogP contribution in [0.4, 0.5) is 0 Å². The van der Waals surface area contributed by atoms with Crippen LogP contribution >= 0.6 is 0 Å². The number of hydrogen-bond donors (Lipinski definition) is 1. The van der Waals surface area contributed by atoms with Crippen LogP contribution in [0.1, 0.15) is 26.3 Å². The molecule has 0 radical (unpaired) electrons. The maximum absolute atomic E-state index is 12.5. The molecule has 1 aliphatic heterocycles. The van der Waals surface area contributed by atoms with Crippen LogP contribution in [-0.4, -0.2) is 50.2 Å². The van der Waals surface area contributed by atoms with Crippen molar-refractivity contribution in [3.05, 3.63) is 29.8 Å². The highest BCUT2D eigenvalue weighted by Gasteiger charge is 2.33. The number of benzene rings is 1. The van der Waals surface area contributed by atoms with Gasteiger partial charge in [-0.15, -0.1) is 0 Å². The molecule has 0 amide bonds. The van der Waals surface area contributed by atoms with Crippen LogP contribution in [0.25, 0.3) is 0 Å². The van der Waals surface area contributed by atoms with Crippen molar-refractivity contribution in [2.45, 2.75) is 37.1 Å². The van der Waals surface area contributed by atoms with Gasteiger partial charge in [-0.05, 0) is 32.9 Å². The summed E-state index contributed by atoms with van der Waals surface area (Å²) < 4.78 is 37.2. The second kappa shape index (κ2) is 5.90. The van der Waals surface area contributed by atoms with Gasteiger partial charge >= 0.3 is 0 Å². The van der Waals surface area contributed by atoms with E-state index in [2.05, 4.69) is 0 Å². The molecule has 0 aliphatic carbocycles. The van der Waals surface area contributed by atoms with Crippen LogP contribution in [0.3, 0.4) is 0 Å². The lowest BCUT2D eigenvalue weighted by molar-refractivity contribution is -0.149. The van der Waals surface area contributed by atoms with Crippen molar-refractivity contribution in [1.82, 2.24) is 4.31 Å². The average molecular weight is 329 g/mol. The van der Waals surface area contributed by atoms with E-state index in [-0.39, 0.29) is 11.4 Å². The summed E-state index contributed by atoms with van der Waals surface area (Å²) in [7, 11) is -2.19. The normalized spacial score (nSPS) is 18.8. The minimum absolute atomic E-state index is 0.0149. The van der Waals surface area contributed by atoms with Gasteiger partial charge in [-0.3, -0.25) is 0 Å². The average Bonchev–Trinajstić information content (AvgIpc) is 2.85. The van der Waals surface area contributed by atoms with E-state index in [0.717, 1.165) is 9.87 Å². The van der Waals surface area contributed by atoms with Crippen molar-refractivity contribution in [3.8, 4) is 0 Å². The Kier molecular flexibility index (Phi) is 4.66. The molecule has 0 spiro atoms. The molecule has 1 heterocycles. The topological polar surface area (TPSA) is 76.1 Å². The summed E-state index contributed by atoms with van der Waals surface area (Å²) in [6.45, 7) is 6.00. The van der Waals surface area contributed by atoms with Crippen molar-refractivity contribution in [2.24, 2.45) is 0 Å². The lowest BCUT2D eigenvalue weighted by Gasteiger charge is -2.26. The number of ether oxygens (including phenoxy) is 2. The molecule has 1 saturated heterocycles. The molecule has 1 aliphatic rings. The fourth-order valence-corrected chi connectivity index (χ4v) is 3.75. The van der Waals surface area contributed by atoms with Gasteiger partial charge in [0.15, 0.2) is 5.79 Å². The molecule has 2 rings (SSSR count). The van der Waals surface area contributed by atoms with Gasteiger partial charge in [0.05, 0.1) is 23.7 Å². The Hall–Kier alpha value is -0.990. The highest BCUT2D eigenvalue weighted by Crippen LogP contribution is 2.31. The van der Waals surface area contributed by atoms with Crippen molar-refractivity contribution in [3.63, 3.8) is 0 Å². The number of nitrogens with zero attached hydrogens (tertiary/aromatic N) is 1. The Balaban J connectivity index is 2.22. The number of rotatable bonds is 5. The highest BCUT2D eigenvalue weighted by molar-refractivity contribution is 7.89. The maximum atomic E-state index is 12.5. The molecule has 6 nitrogen and oxygen atoms in total. The molecule has 1 aromatic rings. The Bertz CT molecular complexity index is 612. The number of hydrogen-bond acceptors (Lipinski definition) is 5. The van der Waals surface area contributed by atoms with Gasteiger partial charge in [0.1, 0.15) is 0 Å². The van der Waals surface area contributed by atoms with E-state index in [1.165, 1.54) is 19.2 Å². The molecule has 22 heavy (non-hydrogen) atoms. The number of sulfonamides is 1. The summed E-state index contributed by atoms with van der Waals surface area (Å²) in [5, 5.41) is 9.78. The molecule has 0 aromatic heterocycles. The van der Waals surface area contributed by atoms with E-state index in [9.17, 15) is 13.5 Å². The van der Waals surface area contributed by atoms with Gasteiger partial charge in [0.2, 0.25) is 10.0 Å². The maximum Gasteiger partial charge on any atom is 0.242 e. The van der Waals surface area contributed by atoms with Crippen molar-refractivity contribution < 1.29 is 23.0 Å². The molecule has 0 atom stereocenters. The van der Waals surface area contributed by atoms with E-state index in [1.807, 2.05) is 6.92 Å². The molecule has 0 saturated carbocycles. The lowest BCUT2D eigenvalue weighted by Crippen LogP contribution is -2.39. The third-order valence-corrected chi connectivity index (χ3v) is 5.35. The molecule has 1 aromatic carbocycles. The zero-order valence-corrected chi connectivity index (χ0v) is 14.2. The second-order valence-corrected chi connectivity index (χ2v) is 8.29. The summed E-state index contributed by atoms with van der Waals surface area (Å²) in [5.41, 5.74) is -0.324. The number of aliphatic hydroxyl groups is 1. The molecule has 1 fully saturated rings. The molecular formula is C15H23NO5S. The van der Waals surface area contributed by atoms with Gasteiger partial charge in [-0.1, -0.05) is 12.1 Å². The Morgan fingerprint density at radius 3 is 2.18 bits per heavy atom. The zero-order chi connectivity index (χ0) is 16.6. The summed E-state index contributed by atoms with van der Waals surface area (Å²) in [6, 6.07) is 6.44. The van der Waals surface area contributed by atoms with E-state index >= 15 is 0 Å². The lowest BCUT2D eigenvalue weighted by atomic mass is 10.1. The van der Waals surface area contributed by atoms with Crippen molar-refractivity contribution in [2.75, 3.05) is 26.8 Å². The van der Waals surface area contributed by atoms with E-state index in [4.69, 9.17) is 9.47 Å².